The molecule has 1 aliphatic rings. The Morgan fingerprint density at radius 3 is 2.68 bits per heavy atom. The highest BCUT2D eigenvalue weighted by Gasteiger charge is 2.16. The van der Waals surface area contributed by atoms with Crippen LogP contribution in [0.25, 0.3) is 0 Å². The Morgan fingerprint density at radius 1 is 1.32 bits per heavy atom. The van der Waals surface area contributed by atoms with Crippen LogP contribution in [0, 0.1) is 5.92 Å². The molecule has 2 N–H and O–H groups in total. The summed E-state index contributed by atoms with van der Waals surface area (Å²) in [5.74, 6) is 2.23. The molecule has 1 amide bonds. The Kier molecular flexibility index (Phi) is 9.68. The fourth-order valence-corrected chi connectivity index (χ4v) is 3.13. The van der Waals surface area contributed by atoms with Gasteiger partial charge < -0.3 is 20.1 Å². The minimum Gasteiger partial charge on any atom is -0.493 e. The number of carbonyl (C=O) groups excluding carboxylic acids is 1. The second-order valence-corrected chi connectivity index (χ2v) is 6.36. The van der Waals surface area contributed by atoms with Crippen LogP contribution in [0.5, 0.6) is 11.5 Å². The number of amides is 1. The number of hydrogen-bond donors (Lipinski definition) is 2. The van der Waals surface area contributed by atoms with E-state index < -0.39 is 0 Å². The Balaban J connectivity index is 0.00000312. The minimum atomic E-state index is -0.0462. The van der Waals surface area contributed by atoms with E-state index in [2.05, 4.69) is 10.6 Å². The van der Waals surface area contributed by atoms with Gasteiger partial charge in [0.25, 0.3) is 0 Å². The van der Waals surface area contributed by atoms with Gasteiger partial charge >= 0.3 is 0 Å². The topological polar surface area (TPSA) is 59.6 Å². The summed E-state index contributed by atoms with van der Waals surface area (Å²) in [6.45, 7) is 6.69. The molecular weight excluding hydrogens is 340 g/mol. The van der Waals surface area contributed by atoms with Crippen molar-refractivity contribution < 1.29 is 14.3 Å². The summed E-state index contributed by atoms with van der Waals surface area (Å²) in [4.78, 5) is 12.2. The van der Waals surface area contributed by atoms with Crippen molar-refractivity contribution >= 4 is 18.3 Å². The minimum absolute atomic E-state index is 0. The van der Waals surface area contributed by atoms with E-state index in [0.29, 0.717) is 24.7 Å². The molecule has 1 unspecified atom stereocenters. The van der Waals surface area contributed by atoms with Crippen LogP contribution < -0.4 is 20.1 Å². The maximum atomic E-state index is 12.2. The highest BCUT2D eigenvalue weighted by Crippen LogP contribution is 2.30. The number of methoxy groups -OCH3 is 1. The predicted octanol–water partition coefficient (Wildman–Crippen LogP) is 3.47. The van der Waals surface area contributed by atoms with E-state index in [1.807, 2.05) is 32.0 Å². The largest absolute Gasteiger partial charge is 0.493 e. The third-order valence-electron chi connectivity index (χ3n) is 4.60. The van der Waals surface area contributed by atoms with E-state index in [1.54, 1.807) is 7.11 Å². The first-order chi connectivity index (χ1) is 11.6. The van der Waals surface area contributed by atoms with Crippen LogP contribution in [-0.4, -0.2) is 32.7 Å². The molecule has 0 saturated carbocycles. The highest BCUT2D eigenvalue weighted by atomic mass is 35.5. The molecule has 5 nitrogen and oxygen atoms in total. The van der Waals surface area contributed by atoms with Crippen molar-refractivity contribution in [3.63, 3.8) is 0 Å². The fourth-order valence-electron chi connectivity index (χ4n) is 3.13. The molecule has 2 rings (SSSR count). The Hall–Kier alpha value is -1.46. The predicted molar refractivity (Wildman–Crippen MR) is 103 cm³/mol. The fraction of sp³-hybridized carbons (Fsp3) is 0.632. The zero-order valence-electron chi connectivity index (χ0n) is 15.5. The molecule has 25 heavy (non-hydrogen) atoms. The normalized spacial score (nSPS) is 15.8. The van der Waals surface area contributed by atoms with Crippen LogP contribution in [0.2, 0.25) is 0 Å². The first-order valence-corrected chi connectivity index (χ1v) is 8.94. The summed E-state index contributed by atoms with van der Waals surface area (Å²) in [7, 11) is 1.63. The van der Waals surface area contributed by atoms with Gasteiger partial charge in [-0.2, -0.15) is 0 Å². The van der Waals surface area contributed by atoms with Gasteiger partial charge in [-0.1, -0.05) is 6.07 Å². The lowest BCUT2D eigenvalue weighted by Gasteiger charge is -2.22. The van der Waals surface area contributed by atoms with E-state index >= 15 is 0 Å². The van der Waals surface area contributed by atoms with Gasteiger partial charge in [-0.25, -0.2) is 0 Å². The second-order valence-electron chi connectivity index (χ2n) is 6.36. The Bertz CT molecular complexity index is 533. The van der Waals surface area contributed by atoms with Crippen molar-refractivity contribution in [2.75, 3.05) is 26.8 Å². The maximum absolute atomic E-state index is 12.2. The molecule has 1 saturated heterocycles. The first kappa shape index (κ1) is 21.6. The van der Waals surface area contributed by atoms with Crippen molar-refractivity contribution in [2.24, 2.45) is 5.92 Å². The van der Waals surface area contributed by atoms with Gasteiger partial charge in [0.2, 0.25) is 5.91 Å². The molecule has 0 radical (unpaired) electrons. The van der Waals surface area contributed by atoms with Crippen LogP contribution in [0.15, 0.2) is 18.2 Å². The SMILES string of the molecule is CCOc1ccc(C(C)NC(=O)CCC2CCNCC2)cc1OC.Cl. The average Bonchev–Trinajstić information content (AvgIpc) is 2.61. The smallest absolute Gasteiger partial charge is 0.220 e. The Labute approximate surface area is 157 Å². The van der Waals surface area contributed by atoms with Crippen molar-refractivity contribution in [3.05, 3.63) is 23.8 Å². The number of nitrogens with one attached hydrogen (secondary N) is 2. The first-order valence-electron chi connectivity index (χ1n) is 8.94. The molecule has 0 aliphatic carbocycles. The number of ether oxygens (including phenoxy) is 2. The van der Waals surface area contributed by atoms with Crippen molar-refractivity contribution in [3.8, 4) is 11.5 Å². The van der Waals surface area contributed by atoms with Crippen molar-refractivity contribution in [2.45, 2.75) is 45.6 Å². The summed E-state index contributed by atoms with van der Waals surface area (Å²) >= 11 is 0. The Morgan fingerprint density at radius 2 is 2.04 bits per heavy atom. The third-order valence-corrected chi connectivity index (χ3v) is 4.60. The quantitative estimate of drug-likeness (QED) is 0.735. The van der Waals surface area contributed by atoms with Crippen molar-refractivity contribution in [1.82, 2.24) is 10.6 Å². The molecule has 1 aromatic rings. The third kappa shape index (κ3) is 6.75. The number of benzene rings is 1. The van der Waals surface area contributed by atoms with E-state index in [9.17, 15) is 4.79 Å². The van der Waals surface area contributed by atoms with Crippen LogP contribution in [0.1, 0.15) is 51.1 Å². The molecule has 0 aromatic heterocycles. The van der Waals surface area contributed by atoms with Crippen LogP contribution in [-0.2, 0) is 4.79 Å². The molecule has 1 aromatic carbocycles. The van der Waals surface area contributed by atoms with Gasteiger partial charge in [0.1, 0.15) is 0 Å². The van der Waals surface area contributed by atoms with Gasteiger partial charge in [0, 0.05) is 6.42 Å². The number of piperidine rings is 1. The lowest BCUT2D eigenvalue weighted by molar-refractivity contribution is -0.122. The van der Waals surface area contributed by atoms with Gasteiger partial charge in [-0.15, -0.1) is 12.4 Å². The lowest BCUT2D eigenvalue weighted by atomic mass is 9.93. The molecule has 1 aliphatic heterocycles. The van der Waals surface area contributed by atoms with Gasteiger partial charge in [0.15, 0.2) is 11.5 Å². The summed E-state index contributed by atoms with van der Waals surface area (Å²) < 4.78 is 10.9. The van der Waals surface area contributed by atoms with E-state index in [4.69, 9.17) is 9.47 Å². The molecule has 1 heterocycles. The van der Waals surface area contributed by atoms with Crippen LogP contribution in [0.3, 0.4) is 0 Å². The maximum Gasteiger partial charge on any atom is 0.220 e. The molecule has 142 valence electrons. The highest BCUT2D eigenvalue weighted by molar-refractivity contribution is 5.85. The van der Waals surface area contributed by atoms with Crippen LogP contribution >= 0.6 is 12.4 Å². The van der Waals surface area contributed by atoms with E-state index in [-0.39, 0.29) is 24.4 Å². The summed E-state index contributed by atoms with van der Waals surface area (Å²) in [6, 6.07) is 5.76. The number of rotatable bonds is 8. The van der Waals surface area contributed by atoms with Crippen LogP contribution in [0.4, 0.5) is 0 Å². The number of hydrogen-bond acceptors (Lipinski definition) is 4. The average molecular weight is 371 g/mol. The molecule has 0 bridgehead atoms. The molecule has 1 atom stereocenters. The molecular formula is C19H31ClN2O3. The van der Waals surface area contributed by atoms with E-state index in [0.717, 1.165) is 30.8 Å². The lowest BCUT2D eigenvalue weighted by Crippen LogP contribution is -2.30. The molecule has 6 heteroatoms. The van der Waals surface area contributed by atoms with Gasteiger partial charge in [-0.05, 0) is 69.8 Å². The summed E-state index contributed by atoms with van der Waals surface area (Å²) in [5, 5.41) is 6.45. The van der Waals surface area contributed by atoms with Crippen molar-refractivity contribution in [1.29, 1.82) is 0 Å². The zero-order valence-corrected chi connectivity index (χ0v) is 16.3. The number of carbonyl (C=O) groups is 1. The standard InChI is InChI=1S/C19H30N2O3.ClH/c1-4-24-17-7-6-16(13-18(17)23-3)14(2)21-19(22)8-5-15-9-11-20-12-10-15;/h6-7,13-15,20H,4-5,8-12H2,1-3H3,(H,21,22);1H. The number of halogens is 1. The second kappa shape index (κ2) is 11.2. The monoisotopic (exact) mass is 370 g/mol. The molecule has 1 fully saturated rings. The molecule has 0 spiro atoms. The zero-order chi connectivity index (χ0) is 17.4. The summed E-state index contributed by atoms with van der Waals surface area (Å²) in [6.07, 6.45) is 3.94. The van der Waals surface area contributed by atoms with Gasteiger partial charge in [0.05, 0.1) is 19.8 Å². The van der Waals surface area contributed by atoms with Gasteiger partial charge in [-0.3, -0.25) is 4.79 Å². The summed E-state index contributed by atoms with van der Waals surface area (Å²) in [5.41, 5.74) is 1.02. The van der Waals surface area contributed by atoms with E-state index in [1.165, 1.54) is 12.8 Å².